The van der Waals surface area contributed by atoms with Crippen LogP contribution in [-0.4, -0.2) is 48.2 Å². The van der Waals surface area contributed by atoms with E-state index in [1.165, 1.54) is 12.1 Å². The summed E-state index contributed by atoms with van der Waals surface area (Å²) in [5.74, 6) is 7.09. The van der Waals surface area contributed by atoms with Gasteiger partial charge in [-0.2, -0.15) is 13.2 Å². The number of aldehydes is 1. The first kappa shape index (κ1) is 23.8. The summed E-state index contributed by atoms with van der Waals surface area (Å²) in [6.45, 7) is 4.02. The Kier molecular flexibility index (Phi) is 7.89. The molecule has 0 spiro atoms. The van der Waals surface area contributed by atoms with Gasteiger partial charge >= 0.3 is 6.18 Å². The van der Waals surface area contributed by atoms with Crippen LogP contribution in [0.3, 0.4) is 0 Å². The molecule has 8 heteroatoms. The molecule has 1 aromatic carbocycles. The zero-order valence-corrected chi connectivity index (χ0v) is 17.7. The van der Waals surface area contributed by atoms with Gasteiger partial charge in [0.1, 0.15) is 11.4 Å². The molecule has 1 saturated heterocycles. The molecule has 1 aliphatic heterocycles. The van der Waals surface area contributed by atoms with Gasteiger partial charge in [-0.05, 0) is 43.9 Å². The molecule has 2 aromatic rings. The van der Waals surface area contributed by atoms with Crippen molar-refractivity contribution in [1.29, 1.82) is 0 Å². The first-order valence-corrected chi connectivity index (χ1v) is 10.6. The van der Waals surface area contributed by atoms with Gasteiger partial charge in [0, 0.05) is 43.5 Å². The van der Waals surface area contributed by atoms with E-state index in [4.69, 9.17) is 0 Å². The lowest BCUT2D eigenvalue weighted by Crippen LogP contribution is -2.43. The maximum absolute atomic E-state index is 12.1. The van der Waals surface area contributed by atoms with Crippen molar-refractivity contribution in [1.82, 2.24) is 10.3 Å². The number of nitrogens with one attached hydrogen (secondary N) is 1. The van der Waals surface area contributed by atoms with Crippen LogP contribution in [0.1, 0.15) is 47.2 Å². The molecule has 0 radical (unpaired) electrons. The largest absolute Gasteiger partial charge is 0.417 e. The Morgan fingerprint density at radius 2 is 1.78 bits per heavy atom. The van der Waals surface area contributed by atoms with E-state index < -0.39 is 17.3 Å². The van der Waals surface area contributed by atoms with Gasteiger partial charge in [0.25, 0.3) is 0 Å². The van der Waals surface area contributed by atoms with Crippen molar-refractivity contribution < 1.29 is 23.1 Å². The molecule has 0 amide bonds. The number of benzene rings is 1. The molecule has 0 unspecified atom stereocenters. The molecule has 2 heterocycles. The van der Waals surface area contributed by atoms with E-state index in [2.05, 4.69) is 27.0 Å². The lowest BCUT2D eigenvalue weighted by atomic mass is 10.0. The zero-order valence-electron chi connectivity index (χ0n) is 17.7. The number of nitrogens with zero attached hydrogens (tertiary/aromatic N) is 2. The van der Waals surface area contributed by atoms with Gasteiger partial charge in [-0.3, -0.25) is 4.79 Å². The Morgan fingerprint density at radius 3 is 2.34 bits per heavy atom. The van der Waals surface area contributed by atoms with Crippen LogP contribution in [0.25, 0.3) is 0 Å². The van der Waals surface area contributed by atoms with Crippen LogP contribution >= 0.6 is 0 Å². The Hall–Kier alpha value is -2.89. The van der Waals surface area contributed by atoms with Gasteiger partial charge in [-0.1, -0.05) is 30.0 Å². The van der Waals surface area contributed by atoms with Crippen molar-refractivity contribution in [3.63, 3.8) is 0 Å². The van der Waals surface area contributed by atoms with E-state index in [9.17, 15) is 23.1 Å². The van der Waals surface area contributed by atoms with E-state index in [-0.39, 0.29) is 11.8 Å². The van der Waals surface area contributed by atoms with Crippen molar-refractivity contribution in [2.45, 2.75) is 37.5 Å². The molecule has 0 bridgehead atoms. The van der Waals surface area contributed by atoms with Crippen LogP contribution in [0.5, 0.6) is 0 Å². The third-order valence-corrected chi connectivity index (χ3v) is 5.45. The van der Waals surface area contributed by atoms with Gasteiger partial charge in [-0.25, -0.2) is 4.98 Å². The van der Waals surface area contributed by atoms with Gasteiger partial charge in [0.05, 0.1) is 5.56 Å². The zero-order chi connectivity index (χ0) is 23.0. The van der Waals surface area contributed by atoms with Gasteiger partial charge in [0.15, 0.2) is 6.29 Å². The summed E-state index contributed by atoms with van der Waals surface area (Å²) >= 11 is 0. The minimum absolute atomic E-state index is 0.197. The molecule has 2 aliphatic rings. The molecule has 5 nitrogen and oxygen atoms in total. The number of carbonyl (C=O) groups is 1. The second-order valence-electron chi connectivity index (χ2n) is 7.83. The highest BCUT2D eigenvalue weighted by atomic mass is 19.4. The number of aliphatic hydroxyl groups is 1. The summed E-state index contributed by atoms with van der Waals surface area (Å²) in [6.07, 6.45) is 1.30. The second kappa shape index (κ2) is 10.6. The number of rotatable bonds is 2. The number of alkyl halides is 3. The van der Waals surface area contributed by atoms with E-state index in [1.54, 1.807) is 0 Å². The first-order chi connectivity index (χ1) is 15.3. The molecule has 1 aliphatic carbocycles. The number of piperazine rings is 1. The summed E-state index contributed by atoms with van der Waals surface area (Å²) in [4.78, 5) is 16.9. The average molecular weight is 445 g/mol. The monoisotopic (exact) mass is 445 g/mol. The summed E-state index contributed by atoms with van der Waals surface area (Å²) in [5, 5.41) is 13.5. The van der Waals surface area contributed by atoms with E-state index >= 15 is 0 Å². The fourth-order valence-corrected chi connectivity index (χ4v) is 3.67. The fraction of sp³-hybridized carbons (Fsp3) is 0.417. The third kappa shape index (κ3) is 6.55. The quantitative estimate of drug-likeness (QED) is 0.546. The average Bonchev–Trinajstić information content (AvgIpc) is 3.25. The molecule has 170 valence electrons. The Bertz CT molecular complexity index is 953. The predicted octanol–water partition coefficient (Wildman–Crippen LogP) is 3.67. The number of hydrogen-bond acceptors (Lipinski definition) is 5. The predicted molar refractivity (Wildman–Crippen MR) is 116 cm³/mol. The number of pyridine rings is 1. The molecule has 2 N–H and O–H groups in total. The molecule has 32 heavy (non-hydrogen) atoms. The van der Waals surface area contributed by atoms with Gasteiger partial charge < -0.3 is 15.3 Å². The lowest BCUT2D eigenvalue weighted by Gasteiger charge is -2.28. The van der Waals surface area contributed by atoms with Crippen molar-refractivity contribution in [2.24, 2.45) is 0 Å². The summed E-state index contributed by atoms with van der Waals surface area (Å²) in [6, 6.07) is 8.66. The fourth-order valence-electron chi connectivity index (χ4n) is 3.67. The van der Waals surface area contributed by atoms with E-state index in [0.717, 1.165) is 75.4 Å². The van der Waals surface area contributed by atoms with Crippen molar-refractivity contribution in [3.05, 3.63) is 59.3 Å². The Balaban J connectivity index is 0.000000207. The smallest absolute Gasteiger partial charge is 0.378 e. The highest BCUT2D eigenvalue weighted by molar-refractivity contribution is 5.77. The molecule has 2 fully saturated rings. The molecule has 0 atom stereocenters. The molecular weight excluding hydrogens is 419 g/mol. The van der Waals surface area contributed by atoms with Crippen molar-refractivity contribution in [3.8, 4) is 11.8 Å². The van der Waals surface area contributed by atoms with Gasteiger partial charge in [-0.15, -0.1) is 0 Å². The van der Waals surface area contributed by atoms with Crippen LogP contribution in [0, 0.1) is 11.8 Å². The van der Waals surface area contributed by atoms with Crippen LogP contribution < -0.4 is 10.2 Å². The molecular formula is C24H26F3N3O2. The van der Waals surface area contributed by atoms with Crippen LogP contribution in [0.4, 0.5) is 19.0 Å². The Labute approximate surface area is 185 Å². The SMILES string of the molecule is O=Cc1ccccc1C(F)(F)F.OC1(C#Cc2ccc(N3CCNCC3)nc2)CCCC1. The summed E-state index contributed by atoms with van der Waals surface area (Å²) in [7, 11) is 0. The van der Waals surface area contributed by atoms with Crippen LogP contribution in [0.2, 0.25) is 0 Å². The van der Waals surface area contributed by atoms with Crippen LogP contribution in [0.15, 0.2) is 42.6 Å². The lowest BCUT2D eigenvalue weighted by molar-refractivity contribution is -0.137. The minimum atomic E-state index is -4.45. The Morgan fingerprint density at radius 1 is 1.09 bits per heavy atom. The van der Waals surface area contributed by atoms with Crippen molar-refractivity contribution in [2.75, 3.05) is 31.1 Å². The maximum Gasteiger partial charge on any atom is 0.417 e. The summed E-state index contributed by atoms with van der Waals surface area (Å²) in [5.41, 5.74) is -1.11. The second-order valence-corrected chi connectivity index (χ2v) is 7.83. The van der Waals surface area contributed by atoms with E-state index in [0.29, 0.717) is 0 Å². The number of aromatic nitrogens is 1. The number of halogens is 3. The van der Waals surface area contributed by atoms with Crippen LogP contribution in [-0.2, 0) is 6.18 Å². The third-order valence-electron chi connectivity index (χ3n) is 5.45. The first-order valence-electron chi connectivity index (χ1n) is 10.6. The maximum atomic E-state index is 12.1. The van der Waals surface area contributed by atoms with Gasteiger partial charge in [0.2, 0.25) is 0 Å². The standard InChI is InChI=1S/C16H21N3O.C8H5F3O/c20-16(6-1-2-7-16)8-5-14-3-4-15(18-13-14)19-11-9-17-10-12-19;9-8(10,11)7-4-2-1-3-6(7)5-12/h3-4,13,17,20H,1-2,6-7,9-12H2;1-5H. The minimum Gasteiger partial charge on any atom is -0.378 e. The molecule has 1 saturated carbocycles. The number of carbonyl (C=O) groups excluding carboxylic acids is 1. The van der Waals surface area contributed by atoms with E-state index in [1.807, 2.05) is 18.3 Å². The topological polar surface area (TPSA) is 65.5 Å². The normalized spacial score (nSPS) is 17.6. The number of anilines is 1. The molecule has 4 rings (SSSR count). The number of hydrogen-bond donors (Lipinski definition) is 2. The molecule has 1 aromatic heterocycles. The summed E-state index contributed by atoms with van der Waals surface area (Å²) < 4.78 is 36.2. The highest BCUT2D eigenvalue weighted by Gasteiger charge is 2.32. The highest BCUT2D eigenvalue weighted by Crippen LogP contribution is 2.31. The van der Waals surface area contributed by atoms with Crippen molar-refractivity contribution >= 4 is 12.1 Å².